The summed E-state index contributed by atoms with van der Waals surface area (Å²) in [6.45, 7) is 1.09. The summed E-state index contributed by atoms with van der Waals surface area (Å²) in [4.78, 5) is 45.0. The summed E-state index contributed by atoms with van der Waals surface area (Å²) in [5.41, 5.74) is -1.56. The van der Waals surface area contributed by atoms with Crippen LogP contribution in [0.5, 0.6) is 5.75 Å². The minimum atomic E-state index is -2.50. The molecule has 10 heteroatoms. The number of phenols is 1. The number of phenolic OH excluding ortho intramolecular Hbond substituents is 1. The number of aliphatic hydroxyl groups is 3. The number of hydrogen-bond acceptors (Lipinski definition) is 10. The van der Waals surface area contributed by atoms with Crippen LogP contribution < -0.4 is 4.90 Å². The van der Waals surface area contributed by atoms with Crippen LogP contribution in [0.3, 0.4) is 0 Å². The Hall–Kier alpha value is -3.50. The molecule has 1 heterocycles. The van der Waals surface area contributed by atoms with Crippen LogP contribution in [0.2, 0.25) is 0 Å². The number of hydrogen-bond donors (Lipinski definition) is 4. The van der Waals surface area contributed by atoms with E-state index in [0.29, 0.717) is 21.8 Å². The number of benzene rings is 1. The predicted molar refractivity (Wildman–Crippen MR) is 128 cm³/mol. The fraction of sp³-hybridized carbons (Fsp3) is 0.360. The van der Waals surface area contributed by atoms with Crippen molar-refractivity contribution in [1.29, 1.82) is 0 Å². The number of carbonyl (C=O) groups excluding carboxylic acids is 3. The highest BCUT2D eigenvalue weighted by Crippen LogP contribution is 2.53. The van der Waals surface area contributed by atoms with Gasteiger partial charge in [-0.1, -0.05) is 0 Å². The second-order valence-electron chi connectivity index (χ2n) is 9.48. The summed E-state index contributed by atoms with van der Waals surface area (Å²) in [6, 6.07) is 1.77. The van der Waals surface area contributed by atoms with Gasteiger partial charge in [0.2, 0.25) is 5.78 Å². The van der Waals surface area contributed by atoms with Gasteiger partial charge in [-0.15, -0.1) is 11.3 Å². The zero-order chi connectivity index (χ0) is 25.4. The van der Waals surface area contributed by atoms with Crippen LogP contribution >= 0.6 is 11.3 Å². The average Bonchev–Trinajstić information content (AvgIpc) is 3.30. The summed E-state index contributed by atoms with van der Waals surface area (Å²) in [6.07, 6.45) is 1.80. The highest BCUT2D eigenvalue weighted by molar-refractivity contribution is 7.13. The second-order valence-corrected chi connectivity index (χ2v) is 10.4. The lowest BCUT2D eigenvalue weighted by atomic mass is 9.60. The zero-order valence-electron chi connectivity index (χ0n) is 19.3. The summed E-state index contributed by atoms with van der Waals surface area (Å²) in [7, 11) is 3.63. The molecule has 1 aromatic heterocycles. The molecule has 5 rings (SSSR count). The van der Waals surface area contributed by atoms with Crippen molar-refractivity contribution in [1.82, 2.24) is 4.98 Å². The first-order chi connectivity index (χ1) is 16.5. The van der Waals surface area contributed by atoms with E-state index in [1.165, 1.54) is 11.3 Å². The number of nitrogens with zero attached hydrogens (tertiary/aromatic N) is 2. The topological polar surface area (TPSA) is 148 Å². The van der Waals surface area contributed by atoms with Crippen LogP contribution in [0.1, 0.15) is 35.7 Å². The molecule has 35 heavy (non-hydrogen) atoms. The van der Waals surface area contributed by atoms with Gasteiger partial charge >= 0.3 is 0 Å². The normalized spacial score (nSPS) is 25.8. The molecule has 0 bridgehead atoms. The van der Waals surface area contributed by atoms with Gasteiger partial charge in [-0.05, 0) is 37.3 Å². The number of rotatable bonds is 3. The molecular weight excluding hydrogens is 472 g/mol. The van der Waals surface area contributed by atoms with Crippen LogP contribution in [-0.4, -0.2) is 62.5 Å². The number of anilines is 1. The quantitative estimate of drug-likeness (QED) is 0.471. The molecule has 1 aromatic carbocycles. The van der Waals surface area contributed by atoms with Crippen molar-refractivity contribution < 1.29 is 34.8 Å². The monoisotopic (exact) mass is 496 g/mol. The fourth-order valence-electron chi connectivity index (χ4n) is 5.69. The average molecular weight is 497 g/mol. The van der Waals surface area contributed by atoms with Gasteiger partial charge in [-0.3, -0.25) is 14.4 Å². The van der Waals surface area contributed by atoms with Crippen molar-refractivity contribution in [2.45, 2.75) is 31.8 Å². The van der Waals surface area contributed by atoms with Gasteiger partial charge in [0.25, 0.3) is 0 Å². The number of aromatic hydroxyl groups is 1. The van der Waals surface area contributed by atoms with Gasteiger partial charge in [-0.2, -0.15) is 0 Å². The van der Waals surface area contributed by atoms with Crippen LogP contribution in [-0.2, 0) is 16.0 Å². The van der Waals surface area contributed by atoms with E-state index < -0.39 is 51.9 Å². The number of allylic oxidation sites excluding steroid dienone is 2. The number of fused-ring (bicyclic) bond motifs is 3. The van der Waals surface area contributed by atoms with E-state index in [-0.39, 0.29) is 36.1 Å². The number of aliphatic hydroxyl groups excluding tert-OH is 2. The van der Waals surface area contributed by atoms with Crippen molar-refractivity contribution in [2.24, 2.45) is 11.8 Å². The Bertz CT molecular complexity index is 1370. The Labute approximate surface area is 204 Å². The molecule has 0 radical (unpaired) electrons. The van der Waals surface area contributed by atoms with Gasteiger partial charge in [0.1, 0.15) is 27.8 Å². The molecule has 4 N–H and O–H groups in total. The lowest BCUT2D eigenvalue weighted by Gasteiger charge is -2.46. The number of ketones is 3. The van der Waals surface area contributed by atoms with Crippen LogP contribution in [0, 0.1) is 11.8 Å². The predicted octanol–water partition coefficient (Wildman–Crippen LogP) is 2.87. The first-order valence-electron chi connectivity index (χ1n) is 11.1. The van der Waals surface area contributed by atoms with Gasteiger partial charge in [-0.25, -0.2) is 4.98 Å². The van der Waals surface area contributed by atoms with E-state index >= 15 is 0 Å². The fourth-order valence-corrected chi connectivity index (χ4v) is 6.35. The molecule has 0 aliphatic heterocycles. The molecule has 0 fully saturated rings. The standard InChI is InChI=1S/C25H24N2O7S/c1-10(28)17-16(29)8-12-6-11-7-13-15(27(2)3)9-14(24-26-4-5-35-24)20(30)19(13)21(31)18(11)23(33)25(12,34)22(17)32/h4-5,9,11-12,29-30,33-34H,6-8H2,1-3H3/t11-,12+,25-/m1/s1. The summed E-state index contributed by atoms with van der Waals surface area (Å²) in [5.74, 6) is -5.51. The van der Waals surface area contributed by atoms with Crippen molar-refractivity contribution in [3.05, 3.63) is 51.4 Å². The first-order valence-corrected chi connectivity index (χ1v) is 12.0. The molecular formula is C25H24N2O7S. The first kappa shape index (κ1) is 23.3. The van der Waals surface area contributed by atoms with Crippen molar-refractivity contribution >= 4 is 34.4 Å². The molecule has 0 unspecified atom stereocenters. The van der Waals surface area contributed by atoms with Gasteiger partial charge in [0.15, 0.2) is 17.2 Å². The molecule has 0 spiro atoms. The Morgan fingerprint density at radius 1 is 1.20 bits per heavy atom. The van der Waals surface area contributed by atoms with Crippen LogP contribution in [0.15, 0.2) is 40.3 Å². The van der Waals surface area contributed by atoms with Crippen molar-refractivity contribution in [3.63, 3.8) is 0 Å². The van der Waals surface area contributed by atoms with E-state index in [4.69, 9.17) is 0 Å². The summed E-state index contributed by atoms with van der Waals surface area (Å²) >= 11 is 1.30. The maximum atomic E-state index is 13.8. The Kier molecular flexibility index (Phi) is 5.15. The Morgan fingerprint density at radius 2 is 1.91 bits per heavy atom. The third-order valence-corrected chi connectivity index (χ3v) is 8.09. The Morgan fingerprint density at radius 3 is 2.51 bits per heavy atom. The molecule has 0 saturated heterocycles. The number of carbonyl (C=O) groups is 3. The van der Waals surface area contributed by atoms with Crippen molar-refractivity contribution in [2.75, 3.05) is 19.0 Å². The highest BCUT2D eigenvalue weighted by Gasteiger charge is 2.59. The molecule has 2 aromatic rings. The molecule has 3 atom stereocenters. The lowest BCUT2D eigenvalue weighted by Crippen LogP contribution is -2.56. The third kappa shape index (κ3) is 3.09. The zero-order valence-corrected chi connectivity index (χ0v) is 20.1. The molecule has 0 saturated carbocycles. The lowest BCUT2D eigenvalue weighted by molar-refractivity contribution is -0.144. The van der Waals surface area contributed by atoms with E-state index in [9.17, 15) is 34.8 Å². The van der Waals surface area contributed by atoms with E-state index in [1.807, 2.05) is 19.0 Å². The minimum absolute atomic E-state index is 0.00492. The van der Waals surface area contributed by atoms with E-state index in [0.717, 1.165) is 6.92 Å². The molecule has 3 aliphatic carbocycles. The van der Waals surface area contributed by atoms with Crippen LogP contribution in [0.25, 0.3) is 10.6 Å². The maximum Gasteiger partial charge on any atom is 0.209 e. The SMILES string of the molecule is CC(=O)C1=C(O)C[C@@H]2C[C@@H]3Cc4c(N(C)C)cc(-c5nccs5)c(O)c4C(=O)C3=C(O)[C@]2(O)C1=O. The summed E-state index contributed by atoms with van der Waals surface area (Å²) in [5, 5.41) is 46.4. The van der Waals surface area contributed by atoms with Crippen LogP contribution in [0.4, 0.5) is 5.69 Å². The number of thiazole rings is 1. The van der Waals surface area contributed by atoms with E-state index in [2.05, 4.69) is 4.98 Å². The van der Waals surface area contributed by atoms with Gasteiger partial charge in [0, 0.05) is 49.3 Å². The number of Topliss-reactive ketones (excluding diaryl/α,β-unsaturated/α-hetero) is 3. The second kappa shape index (κ2) is 7.76. The van der Waals surface area contributed by atoms with Crippen molar-refractivity contribution in [3.8, 4) is 16.3 Å². The molecule has 0 amide bonds. The van der Waals surface area contributed by atoms with E-state index in [1.54, 1.807) is 17.6 Å². The minimum Gasteiger partial charge on any atom is -0.511 e. The smallest absolute Gasteiger partial charge is 0.209 e. The van der Waals surface area contributed by atoms with Gasteiger partial charge in [0.05, 0.1) is 11.1 Å². The molecule has 182 valence electrons. The summed E-state index contributed by atoms with van der Waals surface area (Å²) < 4.78 is 0. The Balaban J connectivity index is 1.73. The third-order valence-electron chi connectivity index (χ3n) is 7.29. The molecule has 9 nitrogen and oxygen atoms in total. The largest absolute Gasteiger partial charge is 0.511 e. The molecule has 3 aliphatic rings. The van der Waals surface area contributed by atoms with Gasteiger partial charge < -0.3 is 25.3 Å². The highest BCUT2D eigenvalue weighted by atomic mass is 32.1. The number of aromatic nitrogens is 1. The maximum absolute atomic E-state index is 13.8.